The number of carbonyl (C=O) groups is 1. The van der Waals surface area contributed by atoms with Crippen molar-refractivity contribution in [3.05, 3.63) is 57.9 Å². The van der Waals surface area contributed by atoms with Crippen LogP contribution in [0.25, 0.3) is 11.8 Å². The van der Waals surface area contributed by atoms with E-state index >= 15 is 0 Å². The van der Waals surface area contributed by atoms with Gasteiger partial charge in [0, 0.05) is 11.4 Å². The highest BCUT2D eigenvalue weighted by atomic mass is 35.5. The third-order valence-corrected chi connectivity index (χ3v) is 8.14. The van der Waals surface area contributed by atoms with Crippen LogP contribution in [0.3, 0.4) is 0 Å². The molecule has 1 amide bonds. The van der Waals surface area contributed by atoms with Crippen LogP contribution in [0, 0.1) is 25.2 Å². The average Bonchev–Trinajstić information content (AvgIpc) is 3.36. The first kappa shape index (κ1) is 23.1. The minimum absolute atomic E-state index is 0.0812. The first-order chi connectivity index (χ1) is 16.4. The maximum Gasteiger partial charge on any atom is 0.283 e. The molecule has 1 saturated carbocycles. The van der Waals surface area contributed by atoms with Gasteiger partial charge in [-0.1, -0.05) is 55.8 Å². The fourth-order valence-electron chi connectivity index (χ4n) is 5.03. The van der Waals surface area contributed by atoms with E-state index in [9.17, 15) is 4.79 Å². The summed E-state index contributed by atoms with van der Waals surface area (Å²) >= 11 is 7.86. The second-order valence-corrected chi connectivity index (χ2v) is 10.6. The molecule has 2 aliphatic heterocycles. The van der Waals surface area contributed by atoms with E-state index in [1.54, 1.807) is 6.08 Å². The molecule has 34 heavy (non-hydrogen) atoms. The first-order valence-corrected chi connectivity index (χ1v) is 13.0. The molecule has 5 rings (SSSR count). The van der Waals surface area contributed by atoms with E-state index in [0.29, 0.717) is 10.2 Å². The zero-order valence-electron chi connectivity index (χ0n) is 19.5. The molecule has 0 spiro atoms. The fraction of sp³-hybridized carbons (Fsp3) is 0.385. The standard InChI is InChI=1S/C26H28ClN5OS/c1-16-14-19(17(2)31(16)22-11-7-6-10-21(22)27)15-20-24(28)32-26(29-25(20)33)34-23(30-32)13-12-18-8-4-3-5-9-18/h6-7,10-11,14-15,18,28H,3-5,8-9,12-13H2,1-2H3. The van der Waals surface area contributed by atoms with E-state index in [1.165, 1.54) is 48.9 Å². The monoisotopic (exact) mass is 493 g/mol. The zero-order chi connectivity index (χ0) is 23.8. The van der Waals surface area contributed by atoms with E-state index in [-0.39, 0.29) is 11.4 Å². The highest BCUT2D eigenvalue weighted by Gasteiger charge is 2.36. The van der Waals surface area contributed by atoms with Crippen LogP contribution in [0.5, 0.6) is 0 Å². The van der Waals surface area contributed by atoms with E-state index in [1.807, 2.05) is 44.2 Å². The molecule has 1 aromatic heterocycles. The number of nitrogens with zero attached hydrogens (tertiary/aromatic N) is 4. The highest BCUT2D eigenvalue weighted by molar-refractivity contribution is 8.26. The Morgan fingerprint density at radius 1 is 1.21 bits per heavy atom. The SMILES string of the molecule is Cc1cc(C=C2C(=N)N3N=C(CCC4CCCCC4)SC3=NC2=O)c(C)n1-c1ccccc1Cl. The maximum absolute atomic E-state index is 12.9. The number of thioether (sulfide) groups is 1. The second kappa shape index (κ2) is 9.55. The number of amides is 1. The van der Waals surface area contributed by atoms with E-state index < -0.39 is 5.91 Å². The molecule has 8 heteroatoms. The highest BCUT2D eigenvalue weighted by Crippen LogP contribution is 2.34. The van der Waals surface area contributed by atoms with Crippen LogP contribution in [-0.2, 0) is 4.79 Å². The molecule has 3 aliphatic rings. The van der Waals surface area contributed by atoms with E-state index in [0.717, 1.165) is 46.4 Å². The molecule has 1 aromatic carbocycles. The number of amidine groups is 2. The van der Waals surface area contributed by atoms with Crippen LogP contribution < -0.4 is 0 Å². The van der Waals surface area contributed by atoms with Gasteiger partial charge in [0.25, 0.3) is 5.91 Å². The Morgan fingerprint density at radius 2 is 1.97 bits per heavy atom. The first-order valence-electron chi connectivity index (χ1n) is 11.9. The summed E-state index contributed by atoms with van der Waals surface area (Å²) in [4.78, 5) is 17.1. The summed E-state index contributed by atoms with van der Waals surface area (Å²) in [7, 11) is 0. The van der Waals surface area contributed by atoms with Gasteiger partial charge in [-0.05, 0) is 74.2 Å². The average molecular weight is 494 g/mol. The van der Waals surface area contributed by atoms with Crippen LogP contribution >= 0.6 is 23.4 Å². The van der Waals surface area contributed by atoms with Crippen molar-refractivity contribution in [1.29, 1.82) is 5.41 Å². The van der Waals surface area contributed by atoms with Gasteiger partial charge in [0.2, 0.25) is 5.17 Å². The normalized spacial score (nSPS) is 20.1. The Balaban J connectivity index is 1.39. The van der Waals surface area contributed by atoms with Gasteiger partial charge in [0.05, 0.1) is 16.3 Å². The Hall–Kier alpha value is -2.64. The number of para-hydroxylation sites is 1. The third kappa shape index (κ3) is 4.39. The number of nitrogens with one attached hydrogen (secondary N) is 1. The lowest BCUT2D eigenvalue weighted by Gasteiger charge is -2.20. The summed E-state index contributed by atoms with van der Waals surface area (Å²) in [5, 5.41) is 17.0. The predicted molar refractivity (Wildman–Crippen MR) is 141 cm³/mol. The number of halogens is 1. The van der Waals surface area contributed by atoms with Gasteiger partial charge in [0.1, 0.15) is 5.04 Å². The third-order valence-electron chi connectivity index (χ3n) is 6.85. The summed E-state index contributed by atoms with van der Waals surface area (Å²) in [5.41, 5.74) is 3.94. The van der Waals surface area contributed by atoms with Crippen molar-refractivity contribution in [1.82, 2.24) is 9.58 Å². The van der Waals surface area contributed by atoms with Crippen molar-refractivity contribution in [2.75, 3.05) is 0 Å². The second-order valence-electron chi connectivity index (χ2n) is 9.17. The number of aromatic nitrogens is 1. The van der Waals surface area contributed by atoms with Crippen molar-refractivity contribution in [3.63, 3.8) is 0 Å². The number of aryl methyl sites for hydroxylation is 1. The Kier molecular flexibility index (Phi) is 6.49. The molecule has 2 aromatic rings. The molecular formula is C26H28ClN5OS. The lowest BCUT2D eigenvalue weighted by molar-refractivity contribution is -0.114. The number of hydrogen-bond donors (Lipinski definition) is 1. The number of hydrazone groups is 1. The zero-order valence-corrected chi connectivity index (χ0v) is 21.0. The van der Waals surface area contributed by atoms with E-state index in [2.05, 4.69) is 14.7 Å². The smallest absolute Gasteiger partial charge is 0.283 e. The van der Waals surface area contributed by atoms with Gasteiger partial charge in [-0.2, -0.15) is 15.1 Å². The topological polar surface area (TPSA) is 73.8 Å². The number of carbonyl (C=O) groups excluding carboxylic acids is 1. The van der Waals surface area contributed by atoms with Crippen molar-refractivity contribution in [3.8, 4) is 5.69 Å². The number of rotatable bonds is 5. The summed E-state index contributed by atoms with van der Waals surface area (Å²) in [6.07, 6.45) is 10.4. The fourth-order valence-corrected chi connectivity index (χ4v) is 6.15. The van der Waals surface area contributed by atoms with Crippen LogP contribution in [0.1, 0.15) is 61.9 Å². The summed E-state index contributed by atoms with van der Waals surface area (Å²) in [6, 6.07) is 9.68. The molecule has 176 valence electrons. The van der Waals surface area contributed by atoms with Crippen molar-refractivity contribution < 1.29 is 4.79 Å². The number of benzene rings is 1. The molecule has 0 unspecified atom stereocenters. The van der Waals surface area contributed by atoms with Crippen molar-refractivity contribution >= 4 is 51.4 Å². The Bertz CT molecular complexity index is 1250. The molecule has 1 fully saturated rings. The van der Waals surface area contributed by atoms with Crippen LogP contribution in [0.2, 0.25) is 5.02 Å². The van der Waals surface area contributed by atoms with Gasteiger partial charge in [-0.25, -0.2) is 0 Å². The summed E-state index contributed by atoms with van der Waals surface area (Å²) in [6.45, 7) is 3.99. The van der Waals surface area contributed by atoms with Crippen molar-refractivity contribution in [2.45, 2.75) is 58.8 Å². The number of hydrogen-bond acceptors (Lipinski definition) is 4. The van der Waals surface area contributed by atoms with Crippen molar-refractivity contribution in [2.24, 2.45) is 16.0 Å². The summed E-state index contributed by atoms with van der Waals surface area (Å²) < 4.78 is 2.06. The Labute approximate surface area is 209 Å². The minimum Gasteiger partial charge on any atom is -0.316 e. The van der Waals surface area contributed by atoms with Crippen LogP contribution in [-0.4, -0.2) is 31.5 Å². The van der Waals surface area contributed by atoms with Crippen LogP contribution in [0.4, 0.5) is 0 Å². The van der Waals surface area contributed by atoms with E-state index in [4.69, 9.17) is 17.0 Å². The van der Waals surface area contributed by atoms with Gasteiger partial charge in [-0.15, -0.1) is 0 Å². The Morgan fingerprint density at radius 3 is 2.74 bits per heavy atom. The quantitative estimate of drug-likeness (QED) is 0.469. The van der Waals surface area contributed by atoms with Gasteiger partial charge < -0.3 is 4.57 Å². The maximum atomic E-state index is 12.9. The largest absolute Gasteiger partial charge is 0.316 e. The van der Waals surface area contributed by atoms with Gasteiger partial charge in [-0.3, -0.25) is 10.2 Å². The number of fused-ring (bicyclic) bond motifs is 1. The van der Waals surface area contributed by atoms with Gasteiger partial charge in [0.15, 0.2) is 5.84 Å². The van der Waals surface area contributed by atoms with Crippen LogP contribution in [0.15, 0.2) is 46.0 Å². The summed E-state index contributed by atoms with van der Waals surface area (Å²) in [5.74, 6) is 0.453. The molecule has 1 aliphatic carbocycles. The molecule has 6 nitrogen and oxygen atoms in total. The minimum atomic E-state index is -0.393. The molecule has 3 heterocycles. The lowest BCUT2D eigenvalue weighted by Crippen LogP contribution is -2.35. The molecular weight excluding hydrogens is 466 g/mol. The molecule has 0 bridgehead atoms. The van der Waals surface area contributed by atoms with Gasteiger partial charge >= 0.3 is 0 Å². The molecule has 0 saturated heterocycles. The lowest BCUT2D eigenvalue weighted by atomic mass is 9.86. The predicted octanol–water partition coefficient (Wildman–Crippen LogP) is 6.73. The molecule has 0 atom stereocenters. The number of aliphatic imine (C=N–C) groups is 1. The molecule has 0 radical (unpaired) electrons. The molecule has 1 N–H and O–H groups in total.